The lowest BCUT2D eigenvalue weighted by Crippen LogP contribution is -2.32. The lowest BCUT2D eigenvalue weighted by atomic mass is 9.88. The van der Waals surface area contributed by atoms with Gasteiger partial charge in [-0.05, 0) is 48.0 Å². The largest absolute Gasteiger partial charge is 0.493 e. The molecular formula is C30H28O10. The van der Waals surface area contributed by atoms with Crippen LogP contribution in [0.15, 0.2) is 60.7 Å². The SMILES string of the molecule is COC(=O)[C@]1(C(=O)c2ccc3c(c2)OCO3)[C@@H](COC(=O)c2ccccc2)[C@@H]1c1cc(OC)c(OC)c(OC)c1. The van der Waals surface area contributed by atoms with Crippen LogP contribution < -0.4 is 23.7 Å². The topological polar surface area (TPSA) is 116 Å². The summed E-state index contributed by atoms with van der Waals surface area (Å²) in [5.41, 5.74) is -0.582. The number of methoxy groups -OCH3 is 4. The van der Waals surface area contributed by atoms with Crippen LogP contribution in [-0.2, 0) is 14.3 Å². The molecule has 0 bridgehead atoms. The highest BCUT2D eigenvalue weighted by molar-refractivity contribution is 6.17. The second-order valence-corrected chi connectivity index (χ2v) is 9.27. The van der Waals surface area contributed by atoms with Crippen LogP contribution in [-0.4, -0.2) is 59.6 Å². The third-order valence-corrected chi connectivity index (χ3v) is 7.35. The van der Waals surface area contributed by atoms with Crippen molar-refractivity contribution in [1.29, 1.82) is 0 Å². The highest BCUT2D eigenvalue weighted by Crippen LogP contribution is 2.68. The first-order valence-corrected chi connectivity index (χ1v) is 12.5. The Hall–Kier alpha value is -4.73. The van der Waals surface area contributed by atoms with Crippen molar-refractivity contribution in [3.63, 3.8) is 0 Å². The summed E-state index contributed by atoms with van der Waals surface area (Å²) >= 11 is 0. The summed E-state index contributed by atoms with van der Waals surface area (Å²) in [5, 5.41) is 0. The molecule has 0 N–H and O–H groups in total. The van der Waals surface area contributed by atoms with Gasteiger partial charge in [0.1, 0.15) is 5.41 Å². The molecule has 3 atom stereocenters. The van der Waals surface area contributed by atoms with Gasteiger partial charge in [-0.3, -0.25) is 9.59 Å². The van der Waals surface area contributed by atoms with E-state index in [1.807, 2.05) is 0 Å². The van der Waals surface area contributed by atoms with Gasteiger partial charge < -0.3 is 33.2 Å². The Kier molecular flexibility index (Phi) is 7.25. The molecule has 0 amide bonds. The van der Waals surface area contributed by atoms with E-state index in [1.54, 1.807) is 54.6 Å². The standard InChI is InChI=1S/C30H28O10/c1-34-23-13-19(14-24(35-2)26(23)36-3)25-20(15-38-28(32)17-8-6-5-7-9-17)30(25,29(33)37-4)27(31)18-10-11-21-22(12-18)40-16-39-21/h5-14,20,25H,15-16H2,1-4H3/t20-,25-,30+/m0/s1. The fraction of sp³-hybridized carbons (Fsp3) is 0.300. The number of benzene rings is 3. The summed E-state index contributed by atoms with van der Waals surface area (Å²) in [6, 6.07) is 16.5. The molecule has 0 saturated heterocycles. The van der Waals surface area contributed by atoms with Crippen LogP contribution in [0.25, 0.3) is 0 Å². The number of rotatable bonds is 10. The molecular weight excluding hydrogens is 520 g/mol. The molecule has 0 unspecified atom stereocenters. The Morgan fingerprint density at radius 1 is 0.825 bits per heavy atom. The van der Waals surface area contributed by atoms with Gasteiger partial charge in [-0.2, -0.15) is 0 Å². The number of ether oxygens (including phenoxy) is 7. The number of hydrogen-bond donors (Lipinski definition) is 0. The summed E-state index contributed by atoms with van der Waals surface area (Å²) in [4.78, 5) is 40.6. The van der Waals surface area contributed by atoms with E-state index in [1.165, 1.54) is 34.5 Å². The molecule has 10 nitrogen and oxygen atoms in total. The first-order valence-electron chi connectivity index (χ1n) is 12.5. The minimum Gasteiger partial charge on any atom is -0.493 e. The predicted molar refractivity (Wildman–Crippen MR) is 140 cm³/mol. The predicted octanol–water partition coefficient (Wildman–Crippen LogP) is 4.05. The lowest BCUT2D eigenvalue weighted by Gasteiger charge is -2.17. The van der Waals surface area contributed by atoms with E-state index in [0.717, 1.165) is 0 Å². The van der Waals surface area contributed by atoms with Gasteiger partial charge in [0, 0.05) is 17.4 Å². The van der Waals surface area contributed by atoms with Gasteiger partial charge in [-0.25, -0.2) is 4.79 Å². The Morgan fingerprint density at radius 3 is 2.12 bits per heavy atom. The number of Topliss-reactive ketones (excluding diaryl/α,β-unsaturated/α-hetero) is 1. The van der Waals surface area contributed by atoms with Gasteiger partial charge in [0.25, 0.3) is 0 Å². The van der Waals surface area contributed by atoms with Crippen molar-refractivity contribution >= 4 is 17.7 Å². The molecule has 40 heavy (non-hydrogen) atoms. The van der Waals surface area contributed by atoms with E-state index >= 15 is 0 Å². The van der Waals surface area contributed by atoms with E-state index < -0.39 is 35.0 Å². The molecule has 3 aromatic rings. The molecule has 1 heterocycles. The van der Waals surface area contributed by atoms with E-state index in [4.69, 9.17) is 33.2 Å². The van der Waals surface area contributed by atoms with E-state index in [9.17, 15) is 14.4 Å². The average molecular weight is 549 g/mol. The van der Waals surface area contributed by atoms with Gasteiger partial charge in [0.15, 0.2) is 28.8 Å². The summed E-state index contributed by atoms with van der Waals surface area (Å²) in [5.74, 6) is -1.40. The smallest absolute Gasteiger partial charge is 0.338 e. The van der Waals surface area contributed by atoms with Crippen LogP contribution in [0.4, 0.5) is 0 Å². The molecule has 0 aromatic heterocycles. The minimum absolute atomic E-state index is 0.0290. The third-order valence-electron chi connectivity index (χ3n) is 7.35. The van der Waals surface area contributed by atoms with Crippen LogP contribution >= 0.6 is 0 Å². The quantitative estimate of drug-likeness (QED) is 0.209. The number of fused-ring (bicyclic) bond motifs is 1. The second kappa shape index (κ2) is 10.8. The summed E-state index contributed by atoms with van der Waals surface area (Å²) in [6.45, 7) is -0.193. The molecule has 10 heteroatoms. The Balaban J connectivity index is 1.59. The fourth-order valence-electron chi connectivity index (χ4n) is 5.41. The van der Waals surface area contributed by atoms with Crippen molar-refractivity contribution in [2.75, 3.05) is 41.8 Å². The molecule has 0 radical (unpaired) electrons. The first kappa shape index (κ1) is 26.9. The van der Waals surface area contributed by atoms with E-state index in [2.05, 4.69) is 0 Å². The van der Waals surface area contributed by atoms with E-state index in [0.29, 0.717) is 39.9 Å². The summed E-state index contributed by atoms with van der Waals surface area (Å²) in [7, 11) is 5.64. The van der Waals surface area contributed by atoms with Gasteiger partial charge in [-0.1, -0.05) is 18.2 Å². The maximum atomic E-state index is 14.2. The van der Waals surface area contributed by atoms with Crippen molar-refractivity contribution in [2.45, 2.75) is 5.92 Å². The van der Waals surface area contributed by atoms with Crippen molar-refractivity contribution < 1.29 is 47.5 Å². The molecule has 1 saturated carbocycles. The van der Waals surface area contributed by atoms with Crippen LogP contribution in [0.2, 0.25) is 0 Å². The average Bonchev–Trinajstić information content (AvgIpc) is 3.44. The molecule has 1 aliphatic heterocycles. The van der Waals surface area contributed by atoms with E-state index in [-0.39, 0.29) is 19.0 Å². The number of carbonyl (C=O) groups excluding carboxylic acids is 3. The third kappa shape index (κ3) is 4.35. The lowest BCUT2D eigenvalue weighted by molar-refractivity contribution is -0.146. The molecule has 2 aliphatic rings. The van der Waals surface area contributed by atoms with Crippen LogP contribution in [0, 0.1) is 11.3 Å². The van der Waals surface area contributed by atoms with Crippen LogP contribution in [0.5, 0.6) is 28.7 Å². The van der Waals surface area contributed by atoms with Gasteiger partial charge >= 0.3 is 11.9 Å². The number of hydrogen-bond acceptors (Lipinski definition) is 10. The molecule has 1 fully saturated rings. The van der Waals surface area contributed by atoms with Crippen LogP contribution in [0.3, 0.4) is 0 Å². The zero-order chi connectivity index (χ0) is 28.4. The van der Waals surface area contributed by atoms with Crippen molar-refractivity contribution in [2.24, 2.45) is 11.3 Å². The minimum atomic E-state index is -1.70. The molecule has 1 aliphatic carbocycles. The van der Waals surface area contributed by atoms with Crippen LogP contribution in [0.1, 0.15) is 32.2 Å². The normalized spacial score (nSPS) is 20.3. The van der Waals surface area contributed by atoms with Gasteiger partial charge in [0.05, 0.1) is 40.6 Å². The Labute approximate surface area is 230 Å². The zero-order valence-electron chi connectivity index (χ0n) is 22.4. The molecule has 3 aromatic carbocycles. The van der Waals surface area contributed by atoms with Crippen molar-refractivity contribution in [3.8, 4) is 28.7 Å². The Bertz CT molecular complexity index is 1430. The molecule has 208 valence electrons. The number of ketones is 1. The summed E-state index contributed by atoms with van der Waals surface area (Å²) < 4.78 is 38.1. The molecule has 5 rings (SSSR count). The highest BCUT2D eigenvalue weighted by atomic mass is 16.7. The monoisotopic (exact) mass is 548 g/mol. The zero-order valence-corrected chi connectivity index (χ0v) is 22.4. The summed E-state index contributed by atoms with van der Waals surface area (Å²) in [6.07, 6.45) is 0. The van der Waals surface area contributed by atoms with Crippen molar-refractivity contribution in [1.82, 2.24) is 0 Å². The second-order valence-electron chi connectivity index (χ2n) is 9.27. The van der Waals surface area contributed by atoms with Crippen molar-refractivity contribution in [3.05, 3.63) is 77.4 Å². The maximum Gasteiger partial charge on any atom is 0.338 e. The Morgan fingerprint density at radius 2 is 1.50 bits per heavy atom. The maximum absolute atomic E-state index is 14.2. The number of carbonyl (C=O) groups is 3. The fourth-order valence-corrected chi connectivity index (χ4v) is 5.41. The van der Waals surface area contributed by atoms with Gasteiger partial charge in [-0.15, -0.1) is 0 Å². The first-order chi connectivity index (χ1) is 19.4. The number of esters is 2. The van der Waals surface area contributed by atoms with Gasteiger partial charge in [0.2, 0.25) is 12.5 Å². The highest BCUT2D eigenvalue weighted by Gasteiger charge is 2.76. The molecule has 0 spiro atoms.